The number of halogens is 3. The highest BCUT2D eigenvalue weighted by Crippen LogP contribution is 2.40. The number of nitrogens with one attached hydrogen (secondary N) is 1. The number of benzene rings is 2. The van der Waals surface area contributed by atoms with Crippen LogP contribution in [0.25, 0.3) is 16.9 Å². The second kappa shape index (κ2) is 11.0. The third-order valence-electron chi connectivity index (χ3n) is 6.99. The molecule has 4 heterocycles. The average Bonchev–Trinajstić information content (AvgIpc) is 3.57. The third-order valence-corrected chi connectivity index (χ3v) is 6.99. The summed E-state index contributed by atoms with van der Waals surface area (Å²) in [5.41, 5.74) is 0.0929. The van der Waals surface area contributed by atoms with Crippen LogP contribution in [0.4, 0.5) is 18.9 Å². The van der Waals surface area contributed by atoms with Crippen LogP contribution in [0.2, 0.25) is 0 Å². The predicted octanol–water partition coefficient (Wildman–Crippen LogP) is 4.53. The Morgan fingerprint density at radius 1 is 1.19 bits per heavy atom. The standard InChI is InChI=1S/C29H26F3N7O4/c1-3-38-14-23(35-27(40)22-13-34-39-8-4-7-33-26(22)39)25(36-38)21-12-19(5-6-24(21)43-28(31)32)42-20-10-17(9-18(30)11-20)29(41)15-37(2)16-29/h4-14,28,41H,3,15-16H2,1-2H3,(H,35,40). The van der Waals surface area contributed by atoms with Crippen molar-refractivity contribution in [3.8, 4) is 28.5 Å². The number of likely N-dealkylation sites (N-methyl/N-ethyl adjacent to an activating group) is 1. The average molecular weight is 594 g/mol. The molecule has 43 heavy (non-hydrogen) atoms. The van der Waals surface area contributed by atoms with Gasteiger partial charge in [0.05, 0.1) is 17.4 Å². The molecule has 1 fully saturated rings. The molecule has 1 amide bonds. The molecule has 0 atom stereocenters. The number of alkyl halides is 2. The summed E-state index contributed by atoms with van der Waals surface area (Å²) in [5.74, 6) is -1.12. The molecule has 222 valence electrons. The number of carbonyl (C=O) groups excluding carboxylic acids is 1. The zero-order chi connectivity index (χ0) is 30.3. The van der Waals surface area contributed by atoms with Gasteiger partial charge in [-0.25, -0.2) is 13.9 Å². The van der Waals surface area contributed by atoms with Gasteiger partial charge in [-0.05, 0) is 55.9 Å². The molecule has 0 aliphatic carbocycles. The molecule has 2 aromatic carbocycles. The summed E-state index contributed by atoms with van der Waals surface area (Å²) in [5, 5.41) is 22.2. The van der Waals surface area contributed by atoms with Crippen molar-refractivity contribution in [3.63, 3.8) is 0 Å². The molecule has 1 aliphatic heterocycles. The van der Waals surface area contributed by atoms with E-state index < -0.39 is 23.9 Å². The lowest BCUT2D eigenvalue weighted by atomic mass is 9.86. The van der Waals surface area contributed by atoms with Crippen LogP contribution in [-0.2, 0) is 12.1 Å². The Labute approximate surface area is 243 Å². The molecule has 5 aromatic rings. The Balaban J connectivity index is 1.36. The molecule has 0 radical (unpaired) electrons. The van der Waals surface area contributed by atoms with E-state index in [9.17, 15) is 23.1 Å². The molecule has 1 saturated heterocycles. The summed E-state index contributed by atoms with van der Waals surface area (Å²) >= 11 is 0. The Hall–Kier alpha value is -4.95. The molecule has 0 bridgehead atoms. The van der Waals surface area contributed by atoms with Gasteiger partial charge in [-0.1, -0.05) is 0 Å². The Morgan fingerprint density at radius 3 is 2.74 bits per heavy atom. The zero-order valence-electron chi connectivity index (χ0n) is 23.0. The summed E-state index contributed by atoms with van der Waals surface area (Å²) in [4.78, 5) is 19.3. The van der Waals surface area contributed by atoms with Crippen LogP contribution in [0.1, 0.15) is 22.8 Å². The van der Waals surface area contributed by atoms with Gasteiger partial charge < -0.3 is 19.9 Å². The van der Waals surface area contributed by atoms with Gasteiger partial charge >= 0.3 is 6.61 Å². The van der Waals surface area contributed by atoms with Crippen LogP contribution < -0.4 is 14.8 Å². The number of anilines is 1. The Kier molecular flexibility index (Phi) is 7.23. The molecule has 6 rings (SSSR count). The fourth-order valence-electron chi connectivity index (χ4n) is 5.06. The highest BCUT2D eigenvalue weighted by molar-refractivity contribution is 6.09. The number of nitrogens with zero attached hydrogens (tertiary/aromatic N) is 6. The maximum atomic E-state index is 14.5. The largest absolute Gasteiger partial charge is 0.457 e. The normalized spacial score (nSPS) is 14.6. The van der Waals surface area contributed by atoms with E-state index in [4.69, 9.17) is 9.47 Å². The highest BCUT2D eigenvalue weighted by Gasteiger charge is 2.41. The Bertz CT molecular complexity index is 1820. The fraction of sp³-hybridized carbons (Fsp3) is 0.241. The monoisotopic (exact) mass is 593 g/mol. The number of β-amino-alcohol motifs (C(OH)–C–C–N with tert-alkyl or cyclic N) is 1. The molecule has 3 aromatic heterocycles. The number of likely N-dealkylation sites (tertiary alicyclic amines) is 1. The van der Waals surface area contributed by atoms with Crippen molar-refractivity contribution in [2.45, 2.75) is 25.7 Å². The quantitative estimate of drug-likeness (QED) is 0.256. The van der Waals surface area contributed by atoms with E-state index >= 15 is 0 Å². The molecule has 0 spiro atoms. The van der Waals surface area contributed by atoms with Crippen LogP contribution in [0, 0.1) is 5.82 Å². The van der Waals surface area contributed by atoms with Gasteiger partial charge in [0.1, 0.15) is 39.9 Å². The number of fused-ring (bicyclic) bond motifs is 1. The van der Waals surface area contributed by atoms with Crippen molar-refractivity contribution in [1.29, 1.82) is 0 Å². The lowest BCUT2D eigenvalue weighted by molar-refractivity contribution is -0.0921. The second-order valence-corrected chi connectivity index (χ2v) is 10.2. The summed E-state index contributed by atoms with van der Waals surface area (Å²) in [7, 11) is 1.83. The van der Waals surface area contributed by atoms with E-state index in [-0.39, 0.29) is 39.8 Å². The molecule has 14 heteroatoms. The lowest BCUT2D eigenvalue weighted by Crippen LogP contribution is -2.57. The van der Waals surface area contributed by atoms with Crippen molar-refractivity contribution >= 4 is 17.2 Å². The molecule has 1 aliphatic rings. The van der Waals surface area contributed by atoms with Crippen LogP contribution in [0.3, 0.4) is 0 Å². The molecular weight excluding hydrogens is 567 g/mol. The van der Waals surface area contributed by atoms with Crippen molar-refractivity contribution in [2.75, 3.05) is 25.5 Å². The van der Waals surface area contributed by atoms with E-state index in [2.05, 4.69) is 20.5 Å². The zero-order valence-corrected chi connectivity index (χ0v) is 23.0. The Morgan fingerprint density at radius 2 is 2.00 bits per heavy atom. The molecule has 11 nitrogen and oxygen atoms in total. The number of ether oxygens (including phenoxy) is 2. The van der Waals surface area contributed by atoms with E-state index in [0.29, 0.717) is 30.8 Å². The maximum absolute atomic E-state index is 14.5. The maximum Gasteiger partial charge on any atom is 0.387 e. The van der Waals surface area contributed by atoms with Gasteiger partial charge in [0.2, 0.25) is 0 Å². The topological polar surface area (TPSA) is 119 Å². The van der Waals surface area contributed by atoms with Crippen molar-refractivity contribution in [3.05, 3.63) is 84.2 Å². The van der Waals surface area contributed by atoms with Crippen LogP contribution in [0.5, 0.6) is 17.2 Å². The van der Waals surface area contributed by atoms with Gasteiger partial charge in [0.15, 0.2) is 5.65 Å². The first-order valence-corrected chi connectivity index (χ1v) is 13.3. The minimum Gasteiger partial charge on any atom is -0.457 e. The predicted molar refractivity (Wildman–Crippen MR) is 149 cm³/mol. The lowest BCUT2D eigenvalue weighted by Gasteiger charge is -2.44. The number of aromatic nitrogens is 5. The van der Waals surface area contributed by atoms with Crippen LogP contribution in [-0.4, -0.2) is 67.0 Å². The summed E-state index contributed by atoms with van der Waals surface area (Å²) in [6, 6.07) is 9.67. The first-order chi connectivity index (χ1) is 20.6. The SMILES string of the molecule is CCn1cc(NC(=O)c2cnn3cccnc23)c(-c2cc(Oc3cc(F)cc(C4(O)CN(C)C4)c3)ccc2OC(F)F)n1. The number of aliphatic hydroxyl groups is 1. The van der Waals surface area contributed by atoms with Crippen LogP contribution >= 0.6 is 0 Å². The number of carbonyl (C=O) groups is 1. The van der Waals surface area contributed by atoms with Crippen molar-refractivity contribution in [1.82, 2.24) is 29.3 Å². The fourth-order valence-corrected chi connectivity index (χ4v) is 5.06. The first kappa shape index (κ1) is 28.2. The minimum atomic E-state index is -3.14. The van der Waals surface area contributed by atoms with E-state index in [1.54, 1.807) is 18.5 Å². The number of amides is 1. The summed E-state index contributed by atoms with van der Waals surface area (Å²) in [6.45, 7) is -0.247. The third kappa shape index (κ3) is 5.61. The highest BCUT2D eigenvalue weighted by atomic mass is 19.3. The van der Waals surface area contributed by atoms with E-state index in [0.717, 1.165) is 6.07 Å². The summed E-state index contributed by atoms with van der Waals surface area (Å²) < 4.78 is 55.0. The van der Waals surface area contributed by atoms with E-state index in [1.807, 2.05) is 18.9 Å². The number of aryl methyl sites for hydroxylation is 1. The van der Waals surface area contributed by atoms with Gasteiger partial charge in [-0.3, -0.25) is 14.4 Å². The smallest absolute Gasteiger partial charge is 0.387 e. The molecule has 0 saturated carbocycles. The van der Waals surface area contributed by atoms with Gasteiger partial charge in [-0.15, -0.1) is 0 Å². The van der Waals surface area contributed by atoms with Crippen molar-refractivity contribution < 1.29 is 32.5 Å². The number of hydrogen-bond donors (Lipinski definition) is 2. The minimum absolute atomic E-state index is 0.0918. The number of rotatable bonds is 9. The van der Waals surface area contributed by atoms with Gasteiger partial charge in [0, 0.05) is 44.3 Å². The summed E-state index contributed by atoms with van der Waals surface area (Å²) in [6.07, 6.45) is 6.10. The first-order valence-electron chi connectivity index (χ1n) is 13.3. The van der Waals surface area contributed by atoms with E-state index in [1.165, 1.54) is 51.9 Å². The number of hydrogen-bond acceptors (Lipinski definition) is 8. The van der Waals surface area contributed by atoms with Crippen molar-refractivity contribution in [2.24, 2.45) is 0 Å². The molecule has 0 unspecified atom stereocenters. The van der Waals surface area contributed by atoms with Crippen LogP contribution in [0.15, 0.2) is 67.3 Å². The second-order valence-electron chi connectivity index (χ2n) is 10.2. The molecule has 2 N–H and O–H groups in total. The van der Waals surface area contributed by atoms with Gasteiger partial charge in [0.25, 0.3) is 5.91 Å². The van der Waals surface area contributed by atoms with Gasteiger partial charge in [-0.2, -0.15) is 19.0 Å². The molecular formula is C29H26F3N7O4.